The van der Waals surface area contributed by atoms with Crippen molar-refractivity contribution in [3.63, 3.8) is 0 Å². The number of nitrogens with zero attached hydrogens (tertiary/aromatic N) is 1. The number of ether oxygens (including phenoxy) is 1. The Balaban J connectivity index is 0.00000312. The van der Waals surface area contributed by atoms with Gasteiger partial charge in [0.1, 0.15) is 11.3 Å². The zero-order chi connectivity index (χ0) is 18.1. The van der Waals surface area contributed by atoms with Crippen LogP contribution in [0.25, 0.3) is 0 Å². The van der Waals surface area contributed by atoms with Crippen molar-refractivity contribution in [1.82, 2.24) is 0 Å². The first-order chi connectivity index (χ1) is 11.1. The SMILES string of the molecule is O=C(O)c1cc(Oc2ccc(C(F)(F)F)cc2F)ccc1[N+](=O)[O-].[KH]. The molecule has 0 atom stereocenters. The monoisotopic (exact) mass is 385 g/mol. The number of hydrogen-bond donors (Lipinski definition) is 1. The van der Waals surface area contributed by atoms with Crippen molar-refractivity contribution in [2.24, 2.45) is 0 Å². The third-order valence-electron chi connectivity index (χ3n) is 2.88. The Labute approximate surface area is 180 Å². The fourth-order valence-electron chi connectivity index (χ4n) is 1.80. The van der Waals surface area contributed by atoms with Crippen molar-refractivity contribution in [1.29, 1.82) is 0 Å². The second-order valence-corrected chi connectivity index (χ2v) is 4.49. The van der Waals surface area contributed by atoms with Crippen molar-refractivity contribution in [3.8, 4) is 11.5 Å². The Bertz CT molecular complexity index is 825. The van der Waals surface area contributed by atoms with Gasteiger partial charge in [-0.2, -0.15) is 13.2 Å². The molecule has 0 fully saturated rings. The van der Waals surface area contributed by atoms with Crippen molar-refractivity contribution in [2.75, 3.05) is 0 Å². The number of carboxylic acids is 1. The van der Waals surface area contributed by atoms with Gasteiger partial charge >= 0.3 is 63.5 Å². The molecule has 0 unspecified atom stereocenters. The fraction of sp³-hybridized carbons (Fsp3) is 0.0714. The predicted octanol–water partition coefficient (Wildman–Crippen LogP) is 3.59. The molecule has 0 spiro atoms. The first kappa shape index (κ1) is 21.5. The summed E-state index contributed by atoms with van der Waals surface area (Å²) in [6, 6.07) is 4.14. The van der Waals surface area contributed by atoms with Gasteiger partial charge in [0.2, 0.25) is 0 Å². The topological polar surface area (TPSA) is 89.7 Å². The van der Waals surface area contributed by atoms with E-state index in [1.807, 2.05) is 0 Å². The van der Waals surface area contributed by atoms with Crippen LogP contribution in [0.5, 0.6) is 11.5 Å². The molecule has 1 N–H and O–H groups in total. The number of carbonyl (C=O) groups is 1. The summed E-state index contributed by atoms with van der Waals surface area (Å²) in [7, 11) is 0. The summed E-state index contributed by atoms with van der Waals surface area (Å²) in [5.41, 5.74) is -2.63. The van der Waals surface area contributed by atoms with Crippen molar-refractivity contribution in [3.05, 3.63) is 63.5 Å². The molecule has 11 heteroatoms. The molecule has 0 aromatic heterocycles. The van der Waals surface area contributed by atoms with Gasteiger partial charge in [0.05, 0.1) is 10.5 Å². The first-order valence-corrected chi connectivity index (χ1v) is 6.16. The van der Waals surface area contributed by atoms with Crippen LogP contribution in [0.1, 0.15) is 15.9 Å². The van der Waals surface area contributed by atoms with Gasteiger partial charge in [-0.15, -0.1) is 0 Å². The number of alkyl halides is 3. The summed E-state index contributed by atoms with van der Waals surface area (Å²) in [4.78, 5) is 20.8. The average molecular weight is 385 g/mol. The Hall–Kier alpha value is -1.53. The van der Waals surface area contributed by atoms with Crippen molar-refractivity contribution < 1.29 is 37.1 Å². The van der Waals surface area contributed by atoms with E-state index in [1.54, 1.807) is 0 Å². The molecule has 0 heterocycles. The minimum atomic E-state index is -4.73. The zero-order valence-electron chi connectivity index (χ0n) is 11.5. The Morgan fingerprint density at radius 3 is 2.28 bits per heavy atom. The fourth-order valence-corrected chi connectivity index (χ4v) is 1.80. The van der Waals surface area contributed by atoms with Crippen LogP contribution in [0.15, 0.2) is 36.4 Å². The second kappa shape index (κ2) is 8.23. The molecule has 2 aromatic rings. The van der Waals surface area contributed by atoms with E-state index >= 15 is 0 Å². The molecule has 128 valence electrons. The summed E-state index contributed by atoms with van der Waals surface area (Å²) in [5.74, 6) is -3.80. The van der Waals surface area contributed by atoms with Gasteiger partial charge in [-0.05, 0) is 24.3 Å². The standard InChI is InChI=1S/C14H7F4NO5.K.H/c15-10-5-7(14(16,17)18)1-4-12(10)24-8-2-3-11(19(22)23)9(6-8)13(20)21;;/h1-6H,(H,20,21);;. The zero-order valence-corrected chi connectivity index (χ0v) is 11.5. The van der Waals surface area contributed by atoms with Gasteiger partial charge in [0, 0.05) is 12.1 Å². The van der Waals surface area contributed by atoms with E-state index in [0.29, 0.717) is 6.07 Å². The number of aromatic carboxylic acids is 1. The predicted molar refractivity (Wildman–Crippen MR) is 78.7 cm³/mol. The summed E-state index contributed by atoms with van der Waals surface area (Å²) < 4.78 is 56.0. The molecule has 6 nitrogen and oxygen atoms in total. The molecular formula is C14H8F4KNO5. The summed E-state index contributed by atoms with van der Waals surface area (Å²) in [6.45, 7) is 0. The van der Waals surface area contributed by atoms with Crippen LogP contribution in [0.2, 0.25) is 0 Å². The van der Waals surface area contributed by atoms with E-state index in [0.717, 1.165) is 24.3 Å². The molecule has 2 rings (SSSR count). The summed E-state index contributed by atoms with van der Waals surface area (Å²) >= 11 is 0. The molecule has 0 radical (unpaired) electrons. The minimum absolute atomic E-state index is 0. The maximum atomic E-state index is 13.7. The number of benzene rings is 2. The number of nitro groups is 1. The van der Waals surface area contributed by atoms with Crippen LogP contribution < -0.4 is 4.74 Å². The summed E-state index contributed by atoms with van der Waals surface area (Å²) in [6.07, 6.45) is -4.73. The van der Waals surface area contributed by atoms with Crippen LogP contribution in [-0.4, -0.2) is 67.4 Å². The average Bonchev–Trinajstić information content (AvgIpc) is 2.47. The number of halogens is 4. The normalized spacial score (nSPS) is 10.7. The van der Waals surface area contributed by atoms with E-state index in [9.17, 15) is 32.5 Å². The molecule has 0 aliphatic rings. The molecule has 0 aliphatic carbocycles. The Kier molecular flexibility index (Phi) is 7.08. The molecule has 0 bridgehead atoms. The van der Waals surface area contributed by atoms with Gasteiger partial charge in [0.15, 0.2) is 11.6 Å². The number of hydrogen-bond acceptors (Lipinski definition) is 4. The van der Waals surface area contributed by atoms with Crippen molar-refractivity contribution >= 4 is 63.0 Å². The van der Waals surface area contributed by atoms with Crippen LogP contribution in [0, 0.1) is 15.9 Å². The molecule has 0 amide bonds. The summed E-state index contributed by atoms with van der Waals surface area (Å²) in [5, 5.41) is 19.6. The van der Waals surface area contributed by atoms with Gasteiger partial charge in [-0.25, -0.2) is 9.18 Å². The van der Waals surface area contributed by atoms with E-state index in [4.69, 9.17) is 9.84 Å². The van der Waals surface area contributed by atoms with Gasteiger partial charge < -0.3 is 9.84 Å². The number of nitro benzene ring substituents is 1. The van der Waals surface area contributed by atoms with Crippen LogP contribution in [-0.2, 0) is 6.18 Å². The molecule has 0 aliphatic heterocycles. The van der Waals surface area contributed by atoms with E-state index in [2.05, 4.69) is 0 Å². The van der Waals surface area contributed by atoms with Gasteiger partial charge in [-0.1, -0.05) is 0 Å². The maximum absolute atomic E-state index is 13.7. The Morgan fingerprint density at radius 1 is 1.16 bits per heavy atom. The molecule has 0 saturated carbocycles. The first-order valence-electron chi connectivity index (χ1n) is 6.16. The number of carboxylic acid groups (broad SMARTS) is 1. The molecular weight excluding hydrogens is 377 g/mol. The second-order valence-electron chi connectivity index (χ2n) is 4.49. The van der Waals surface area contributed by atoms with E-state index < -0.39 is 45.4 Å². The third-order valence-corrected chi connectivity index (χ3v) is 2.88. The molecule has 0 saturated heterocycles. The van der Waals surface area contributed by atoms with Crippen LogP contribution in [0.4, 0.5) is 23.2 Å². The van der Waals surface area contributed by atoms with Gasteiger partial charge in [0.25, 0.3) is 5.69 Å². The molecule has 25 heavy (non-hydrogen) atoms. The Morgan fingerprint density at radius 2 is 1.80 bits per heavy atom. The number of rotatable bonds is 4. The van der Waals surface area contributed by atoms with E-state index in [1.165, 1.54) is 0 Å². The third kappa shape index (κ3) is 5.22. The van der Waals surface area contributed by atoms with Crippen molar-refractivity contribution in [2.45, 2.75) is 6.18 Å². The van der Waals surface area contributed by atoms with Crippen LogP contribution in [0.3, 0.4) is 0 Å². The molecule has 2 aromatic carbocycles. The quantitative estimate of drug-likeness (QED) is 0.376. The van der Waals surface area contributed by atoms with Crippen LogP contribution >= 0.6 is 0 Å². The van der Waals surface area contributed by atoms with E-state index in [-0.39, 0.29) is 63.2 Å². The van der Waals surface area contributed by atoms with Gasteiger partial charge in [-0.3, -0.25) is 10.1 Å².